The molecule has 0 radical (unpaired) electrons. The van der Waals surface area contributed by atoms with Gasteiger partial charge in [-0.25, -0.2) is 4.79 Å². The van der Waals surface area contributed by atoms with Crippen molar-refractivity contribution in [3.8, 4) is 0 Å². The second-order valence-electron chi connectivity index (χ2n) is 3.67. The monoisotopic (exact) mass is 251 g/mol. The molecule has 0 saturated heterocycles. The first kappa shape index (κ1) is 12.3. The molecule has 6 heteroatoms. The third kappa shape index (κ3) is 2.11. The van der Waals surface area contributed by atoms with Gasteiger partial charge in [-0.1, -0.05) is 6.08 Å². The van der Waals surface area contributed by atoms with Gasteiger partial charge in [-0.15, -0.1) is 23.2 Å². The first-order chi connectivity index (χ1) is 6.74. The van der Waals surface area contributed by atoms with Crippen LogP contribution in [0.1, 0.15) is 20.3 Å². The zero-order chi connectivity index (χ0) is 11.9. The number of carboxylic acids is 1. The fourth-order valence-corrected chi connectivity index (χ4v) is 1.86. The molecule has 84 valence electrons. The number of carbonyl (C=O) groups is 2. The SMILES string of the molecule is C/C=C(\NC(=O)C1(C)CC1(Cl)Cl)C(=O)O. The number of amides is 1. The lowest BCUT2D eigenvalue weighted by Gasteiger charge is -2.12. The molecule has 0 aromatic carbocycles. The van der Waals surface area contributed by atoms with E-state index >= 15 is 0 Å². The summed E-state index contributed by atoms with van der Waals surface area (Å²) >= 11 is 11.6. The molecule has 0 spiro atoms. The van der Waals surface area contributed by atoms with Gasteiger partial charge in [0, 0.05) is 0 Å². The van der Waals surface area contributed by atoms with E-state index in [-0.39, 0.29) is 5.70 Å². The number of aliphatic carboxylic acids is 1. The molecule has 0 aromatic heterocycles. The topological polar surface area (TPSA) is 66.4 Å². The number of rotatable bonds is 3. The van der Waals surface area contributed by atoms with Gasteiger partial charge >= 0.3 is 5.97 Å². The Morgan fingerprint density at radius 2 is 1.93 bits per heavy atom. The molecule has 1 atom stereocenters. The van der Waals surface area contributed by atoms with Crippen molar-refractivity contribution >= 4 is 35.1 Å². The number of nitrogens with one attached hydrogen (secondary N) is 1. The van der Waals surface area contributed by atoms with Crippen molar-refractivity contribution in [2.45, 2.75) is 24.6 Å². The summed E-state index contributed by atoms with van der Waals surface area (Å²) in [5.74, 6) is -1.66. The van der Waals surface area contributed by atoms with Gasteiger partial charge in [-0.2, -0.15) is 0 Å². The van der Waals surface area contributed by atoms with E-state index in [0.717, 1.165) is 0 Å². The number of alkyl halides is 2. The van der Waals surface area contributed by atoms with Gasteiger partial charge in [0.2, 0.25) is 5.91 Å². The van der Waals surface area contributed by atoms with E-state index in [1.54, 1.807) is 6.92 Å². The van der Waals surface area contributed by atoms with Crippen molar-refractivity contribution in [2.24, 2.45) is 5.41 Å². The van der Waals surface area contributed by atoms with E-state index in [1.165, 1.54) is 13.0 Å². The summed E-state index contributed by atoms with van der Waals surface area (Å²) in [5, 5.41) is 11.0. The summed E-state index contributed by atoms with van der Waals surface area (Å²) in [6.45, 7) is 3.12. The summed E-state index contributed by atoms with van der Waals surface area (Å²) in [4.78, 5) is 22.3. The van der Waals surface area contributed by atoms with Crippen LogP contribution in [0.5, 0.6) is 0 Å². The van der Waals surface area contributed by atoms with Crippen LogP contribution in [0, 0.1) is 5.41 Å². The zero-order valence-electron chi connectivity index (χ0n) is 8.30. The Morgan fingerprint density at radius 1 is 1.47 bits per heavy atom. The minimum atomic E-state index is -1.19. The van der Waals surface area contributed by atoms with Crippen LogP contribution in [0.25, 0.3) is 0 Å². The third-order valence-electron chi connectivity index (χ3n) is 2.53. The molecule has 4 nitrogen and oxygen atoms in total. The largest absolute Gasteiger partial charge is 0.477 e. The maximum Gasteiger partial charge on any atom is 0.352 e. The summed E-state index contributed by atoms with van der Waals surface area (Å²) in [6, 6.07) is 0. The maximum atomic E-state index is 11.6. The average molecular weight is 252 g/mol. The highest BCUT2D eigenvalue weighted by atomic mass is 35.5. The molecule has 1 amide bonds. The number of hydrogen-bond acceptors (Lipinski definition) is 2. The molecule has 1 saturated carbocycles. The van der Waals surface area contributed by atoms with Gasteiger partial charge in [-0.3, -0.25) is 4.79 Å². The van der Waals surface area contributed by atoms with Crippen molar-refractivity contribution in [3.05, 3.63) is 11.8 Å². The van der Waals surface area contributed by atoms with E-state index in [2.05, 4.69) is 5.32 Å². The smallest absolute Gasteiger partial charge is 0.352 e. The Bertz CT molecular complexity index is 351. The predicted molar refractivity (Wildman–Crippen MR) is 56.7 cm³/mol. The molecule has 0 aliphatic heterocycles. The molecule has 1 aliphatic rings. The Kier molecular flexibility index (Phi) is 3.03. The fourth-order valence-electron chi connectivity index (χ4n) is 1.16. The Labute approximate surface area is 97.2 Å². The van der Waals surface area contributed by atoms with E-state index in [1.807, 2.05) is 0 Å². The number of hydrogen-bond donors (Lipinski definition) is 2. The van der Waals surface area contributed by atoms with Crippen LogP contribution >= 0.6 is 23.2 Å². The lowest BCUT2D eigenvalue weighted by Crippen LogP contribution is -2.35. The summed E-state index contributed by atoms with van der Waals surface area (Å²) in [5.41, 5.74) is -1.07. The van der Waals surface area contributed by atoms with Crippen LogP contribution in [0.3, 0.4) is 0 Å². The van der Waals surface area contributed by atoms with Gasteiger partial charge in [0.05, 0.1) is 5.41 Å². The van der Waals surface area contributed by atoms with E-state index < -0.39 is 21.6 Å². The minimum absolute atomic E-state index is 0.169. The standard InChI is InChI=1S/C9H11Cl2NO3/c1-3-5(6(13)14)12-7(15)8(2)4-9(8,10)11/h3H,4H2,1-2H3,(H,12,15)(H,13,14)/b5-3-. The maximum absolute atomic E-state index is 11.6. The van der Waals surface area contributed by atoms with Crippen LogP contribution in [0.15, 0.2) is 11.8 Å². The Morgan fingerprint density at radius 3 is 2.20 bits per heavy atom. The zero-order valence-corrected chi connectivity index (χ0v) is 9.82. The van der Waals surface area contributed by atoms with Crippen LogP contribution in [-0.4, -0.2) is 21.3 Å². The highest BCUT2D eigenvalue weighted by Gasteiger charge is 2.68. The van der Waals surface area contributed by atoms with Crippen molar-refractivity contribution in [1.82, 2.24) is 5.32 Å². The van der Waals surface area contributed by atoms with Crippen molar-refractivity contribution < 1.29 is 14.7 Å². The lowest BCUT2D eigenvalue weighted by atomic mass is 10.1. The quantitative estimate of drug-likeness (QED) is 0.593. The molecular formula is C9H11Cl2NO3. The average Bonchev–Trinajstić information content (AvgIpc) is 2.62. The number of carbonyl (C=O) groups excluding carboxylic acids is 1. The molecule has 2 N–H and O–H groups in total. The van der Waals surface area contributed by atoms with Gasteiger partial charge < -0.3 is 10.4 Å². The molecular weight excluding hydrogens is 241 g/mol. The van der Waals surface area contributed by atoms with Crippen molar-refractivity contribution in [1.29, 1.82) is 0 Å². The van der Waals surface area contributed by atoms with Crippen LogP contribution < -0.4 is 5.32 Å². The first-order valence-corrected chi connectivity index (χ1v) is 5.09. The van der Waals surface area contributed by atoms with Gasteiger partial charge in [-0.05, 0) is 20.3 Å². The lowest BCUT2D eigenvalue weighted by molar-refractivity contribution is -0.135. The van der Waals surface area contributed by atoms with Gasteiger partial charge in [0.25, 0.3) is 0 Å². The summed E-state index contributed by atoms with van der Waals surface area (Å²) in [7, 11) is 0. The van der Waals surface area contributed by atoms with E-state index in [0.29, 0.717) is 6.42 Å². The van der Waals surface area contributed by atoms with Crippen LogP contribution in [0.4, 0.5) is 0 Å². The molecule has 15 heavy (non-hydrogen) atoms. The van der Waals surface area contributed by atoms with Crippen molar-refractivity contribution in [2.75, 3.05) is 0 Å². The van der Waals surface area contributed by atoms with Crippen LogP contribution in [0.2, 0.25) is 0 Å². The Balaban J connectivity index is 2.70. The molecule has 1 aliphatic carbocycles. The number of carboxylic acid groups (broad SMARTS) is 1. The first-order valence-electron chi connectivity index (χ1n) is 4.33. The third-order valence-corrected chi connectivity index (χ3v) is 3.63. The van der Waals surface area contributed by atoms with Crippen LogP contribution in [-0.2, 0) is 9.59 Å². The predicted octanol–water partition coefficient (Wildman–Crippen LogP) is 1.67. The van der Waals surface area contributed by atoms with E-state index in [4.69, 9.17) is 28.3 Å². The molecule has 0 heterocycles. The molecule has 1 unspecified atom stereocenters. The molecule has 1 rings (SSSR count). The number of halogens is 2. The van der Waals surface area contributed by atoms with E-state index in [9.17, 15) is 9.59 Å². The second-order valence-corrected chi connectivity index (χ2v) is 5.16. The van der Waals surface area contributed by atoms with Gasteiger partial charge in [0.15, 0.2) is 0 Å². The minimum Gasteiger partial charge on any atom is -0.477 e. The molecule has 0 aromatic rings. The van der Waals surface area contributed by atoms with Crippen molar-refractivity contribution in [3.63, 3.8) is 0 Å². The molecule has 0 bridgehead atoms. The number of allylic oxidation sites excluding steroid dienone is 1. The normalized spacial score (nSPS) is 28.4. The highest BCUT2D eigenvalue weighted by molar-refractivity contribution is 6.53. The highest BCUT2D eigenvalue weighted by Crippen LogP contribution is 2.63. The Hall–Kier alpha value is -0.740. The molecule has 1 fully saturated rings. The summed E-state index contributed by atoms with van der Waals surface area (Å²) < 4.78 is -1.09. The van der Waals surface area contributed by atoms with Gasteiger partial charge in [0.1, 0.15) is 10.0 Å². The summed E-state index contributed by atoms with van der Waals surface area (Å²) in [6.07, 6.45) is 1.63. The second kappa shape index (κ2) is 3.68. The fraction of sp³-hybridized carbons (Fsp3) is 0.556.